The molecule has 0 bridgehead atoms. The van der Waals surface area contributed by atoms with E-state index in [4.69, 9.17) is 26.8 Å². The minimum Gasteiger partial charge on any atom is -0.493 e. The molecule has 0 aliphatic carbocycles. The number of para-hydroxylation sites is 1. The van der Waals surface area contributed by atoms with Gasteiger partial charge in [0, 0.05) is 5.56 Å². The molecule has 0 saturated heterocycles. The van der Waals surface area contributed by atoms with Crippen LogP contribution in [0.2, 0.25) is 5.15 Å². The lowest BCUT2D eigenvalue weighted by Gasteiger charge is -2.13. The molecule has 0 radical (unpaired) electrons. The van der Waals surface area contributed by atoms with Crippen LogP contribution in [0, 0.1) is 0 Å². The summed E-state index contributed by atoms with van der Waals surface area (Å²) in [5, 5.41) is 0.235. The molecule has 0 unspecified atom stereocenters. The zero-order valence-corrected chi connectivity index (χ0v) is 12.8. The molecule has 3 rings (SSSR count). The Hall–Kier alpha value is -2.54. The largest absolute Gasteiger partial charge is 0.493 e. The summed E-state index contributed by atoms with van der Waals surface area (Å²) in [7, 11) is 3.20. The van der Waals surface area contributed by atoms with Gasteiger partial charge in [0.2, 0.25) is 5.95 Å². The van der Waals surface area contributed by atoms with Gasteiger partial charge in [-0.2, -0.15) is 9.97 Å². The SMILES string of the molecule is COc1cccc(Cn2cnc3c(Cl)nc(N)nc32)c1OC. The number of imidazole rings is 1. The molecule has 0 fully saturated rings. The van der Waals surface area contributed by atoms with Gasteiger partial charge in [0.15, 0.2) is 22.3 Å². The van der Waals surface area contributed by atoms with Crippen molar-refractivity contribution in [3.63, 3.8) is 0 Å². The molecule has 2 heterocycles. The molecule has 8 heteroatoms. The van der Waals surface area contributed by atoms with Gasteiger partial charge in [-0.05, 0) is 6.07 Å². The molecule has 1 aromatic carbocycles. The molecule has 2 aromatic heterocycles. The molecule has 0 aliphatic rings. The first-order chi connectivity index (χ1) is 10.6. The fourth-order valence-electron chi connectivity index (χ4n) is 2.30. The van der Waals surface area contributed by atoms with Gasteiger partial charge >= 0.3 is 0 Å². The predicted molar refractivity (Wildman–Crippen MR) is 83.4 cm³/mol. The topological polar surface area (TPSA) is 88.1 Å². The Morgan fingerprint density at radius 3 is 2.77 bits per heavy atom. The van der Waals surface area contributed by atoms with Crippen LogP contribution in [0.25, 0.3) is 11.2 Å². The van der Waals surface area contributed by atoms with Gasteiger partial charge < -0.3 is 19.8 Å². The average molecular weight is 320 g/mol. The first kappa shape index (κ1) is 14.4. The third kappa shape index (κ3) is 2.39. The second-order valence-corrected chi connectivity index (χ2v) is 4.93. The van der Waals surface area contributed by atoms with Crippen molar-refractivity contribution in [2.45, 2.75) is 6.54 Å². The Bertz CT molecular complexity index is 833. The molecule has 0 atom stereocenters. The highest BCUT2D eigenvalue weighted by Gasteiger charge is 2.14. The lowest BCUT2D eigenvalue weighted by Crippen LogP contribution is -2.04. The monoisotopic (exact) mass is 319 g/mol. The van der Waals surface area contributed by atoms with E-state index in [-0.39, 0.29) is 11.1 Å². The van der Waals surface area contributed by atoms with Crippen LogP contribution < -0.4 is 15.2 Å². The lowest BCUT2D eigenvalue weighted by molar-refractivity contribution is 0.351. The Labute approximate surface area is 131 Å². The Balaban J connectivity index is 2.08. The van der Waals surface area contributed by atoms with Crippen LogP contribution in [0.1, 0.15) is 5.56 Å². The Morgan fingerprint density at radius 1 is 1.23 bits per heavy atom. The fourth-order valence-corrected chi connectivity index (χ4v) is 2.52. The number of methoxy groups -OCH3 is 2. The van der Waals surface area contributed by atoms with Gasteiger partial charge in [0.05, 0.1) is 27.1 Å². The van der Waals surface area contributed by atoms with E-state index in [2.05, 4.69) is 15.0 Å². The van der Waals surface area contributed by atoms with Gasteiger partial charge in [-0.1, -0.05) is 23.7 Å². The van der Waals surface area contributed by atoms with E-state index >= 15 is 0 Å². The van der Waals surface area contributed by atoms with E-state index in [1.165, 1.54) is 0 Å². The van der Waals surface area contributed by atoms with E-state index in [1.807, 2.05) is 22.8 Å². The van der Waals surface area contributed by atoms with Crippen molar-refractivity contribution in [3.8, 4) is 11.5 Å². The summed E-state index contributed by atoms with van der Waals surface area (Å²) >= 11 is 6.03. The van der Waals surface area contributed by atoms with E-state index in [0.29, 0.717) is 29.2 Å². The number of ether oxygens (including phenoxy) is 2. The lowest BCUT2D eigenvalue weighted by atomic mass is 10.2. The van der Waals surface area contributed by atoms with Crippen LogP contribution in [0.15, 0.2) is 24.5 Å². The number of halogens is 1. The van der Waals surface area contributed by atoms with Crippen LogP contribution >= 0.6 is 11.6 Å². The molecule has 3 aromatic rings. The van der Waals surface area contributed by atoms with Crippen molar-refractivity contribution >= 4 is 28.7 Å². The van der Waals surface area contributed by atoms with E-state index in [1.54, 1.807) is 20.5 Å². The van der Waals surface area contributed by atoms with Crippen molar-refractivity contribution in [2.24, 2.45) is 0 Å². The normalized spacial score (nSPS) is 10.9. The van der Waals surface area contributed by atoms with Crippen molar-refractivity contribution in [2.75, 3.05) is 20.0 Å². The molecule has 2 N–H and O–H groups in total. The maximum atomic E-state index is 6.03. The molecular formula is C14H14ClN5O2. The molecule has 0 saturated carbocycles. The van der Waals surface area contributed by atoms with E-state index < -0.39 is 0 Å². The van der Waals surface area contributed by atoms with Crippen LogP contribution in [-0.2, 0) is 6.54 Å². The summed E-state index contributed by atoms with van der Waals surface area (Å²) in [6.45, 7) is 0.490. The quantitative estimate of drug-likeness (QED) is 0.741. The number of nitrogens with two attached hydrogens (primary N) is 1. The first-order valence-electron chi connectivity index (χ1n) is 6.47. The number of nitrogen functional groups attached to an aromatic ring is 1. The Kier molecular flexibility index (Phi) is 3.72. The third-order valence-corrected chi connectivity index (χ3v) is 3.53. The highest BCUT2D eigenvalue weighted by molar-refractivity contribution is 6.33. The van der Waals surface area contributed by atoms with Gasteiger partial charge in [-0.15, -0.1) is 0 Å². The third-order valence-electron chi connectivity index (χ3n) is 3.26. The molecule has 0 spiro atoms. The summed E-state index contributed by atoms with van der Waals surface area (Å²) in [6, 6.07) is 5.68. The summed E-state index contributed by atoms with van der Waals surface area (Å²) in [5.41, 5.74) is 7.66. The predicted octanol–water partition coefficient (Wildman–Crippen LogP) is 2.13. The highest BCUT2D eigenvalue weighted by Crippen LogP contribution is 2.32. The minimum absolute atomic E-state index is 0.108. The summed E-state index contributed by atoms with van der Waals surface area (Å²) in [4.78, 5) is 12.3. The summed E-state index contributed by atoms with van der Waals surface area (Å²) in [5.74, 6) is 1.44. The standard InChI is InChI=1S/C14H14ClN5O2/c1-21-9-5-3-4-8(11(9)22-2)6-20-7-17-10-12(15)18-14(16)19-13(10)20/h3-5,7H,6H2,1-2H3,(H2,16,18,19). The number of aromatic nitrogens is 4. The zero-order chi connectivity index (χ0) is 15.7. The molecule has 7 nitrogen and oxygen atoms in total. The van der Waals surface area contributed by atoms with E-state index in [0.717, 1.165) is 5.56 Å². The van der Waals surface area contributed by atoms with Gasteiger partial charge in [-0.3, -0.25) is 0 Å². The maximum absolute atomic E-state index is 6.03. The van der Waals surface area contributed by atoms with Gasteiger partial charge in [0.25, 0.3) is 0 Å². The highest BCUT2D eigenvalue weighted by atomic mass is 35.5. The smallest absolute Gasteiger partial charge is 0.223 e. The number of fused-ring (bicyclic) bond motifs is 1. The van der Waals surface area contributed by atoms with Crippen molar-refractivity contribution in [1.29, 1.82) is 0 Å². The minimum atomic E-state index is 0.108. The number of anilines is 1. The summed E-state index contributed by atoms with van der Waals surface area (Å²) in [6.07, 6.45) is 1.64. The number of rotatable bonds is 4. The maximum Gasteiger partial charge on any atom is 0.223 e. The number of hydrogen-bond donors (Lipinski definition) is 1. The molecular weight excluding hydrogens is 306 g/mol. The Morgan fingerprint density at radius 2 is 2.05 bits per heavy atom. The van der Waals surface area contributed by atoms with Gasteiger partial charge in [0.1, 0.15) is 5.52 Å². The number of nitrogens with zero attached hydrogens (tertiary/aromatic N) is 4. The van der Waals surface area contributed by atoms with Crippen molar-refractivity contribution < 1.29 is 9.47 Å². The second kappa shape index (κ2) is 5.69. The van der Waals surface area contributed by atoms with E-state index in [9.17, 15) is 0 Å². The number of benzene rings is 1. The van der Waals surface area contributed by atoms with Crippen LogP contribution in [0.4, 0.5) is 5.95 Å². The van der Waals surface area contributed by atoms with Crippen LogP contribution in [0.5, 0.6) is 11.5 Å². The van der Waals surface area contributed by atoms with Crippen molar-refractivity contribution in [1.82, 2.24) is 19.5 Å². The molecule has 0 aliphatic heterocycles. The van der Waals surface area contributed by atoms with Crippen LogP contribution in [0.3, 0.4) is 0 Å². The molecule has 22 heavy (non-hydrogen) atoms. The van der Waals surface area contributed by atoms with Gasteiger partial charge in [-0.25, -0.2) is 4.98 Å². The fraction of sp³-hybridized carbons (Fsp3) is 0.214. The summed E-state index contributed by atoms with van der Waals surface area (Å²) < 4.78 is 12.6. The molecule has 0 amide bonds. The zero-order valence-electron chi connectivity index (χ0n) is 12.1. The van der Waals surface area contributed by atoms with Crippen molar-refractivity contribution in [3.05, 3.63) is 35.2 Å². The second-order valence-electron chi connectivity index (χ2n) is 4.57. The average Bonchev–Trinajstić information content (AvgIpc) is 2.90. The van der Waals surface area contributed by atoms with Crippen LogP contribution in [-0.4, -0.2) is 33.7 Å². The number of hydrogen-bond acceptors (Lipinski definition) is 6. The first-order valence-corrected chi connectivity index (χ1v) is 6.85. The molecule has 114 valence electrons.